The third kappa shape index (κ3) is 3.06. The van der Waals surface area contributed by atoms with Crippen LogP contribution in [0.1, 0.15) is 20.3 Å². The van der Waals surface area contributed by atoms with Crippen molar-refractivity contribution in [3.63, 3.8) is 0 Å². The zero-order valence-electron chi connectivity index (χ0n) is 8.33. The average Bonchev–Trinajstić information content (AvgIpc) is 2.48. The van der Waals surface area contributed by atoms with Crippen LogP contribution in [-0.2, 0) is 6.54 Å². The van der Waals surface area contributed by atoms with Crippen molar-refractivity contribution in [2.24, 2.45) is 11.1 Å². The molecule has 0 spiro atoms. The van der Waals surface area contributed by atoms with Crippen molar-refractivity contribution >= 4 is 33.1 Å². The molecule has 1 aromatic rings. The normalized spacial score (nSPS) is 11.6. The fourth-order valence-electron chi connectivity index (χ4n) is 0.978. The fraction of sp³-hybridized carbons (Fsp3) is 0.556. The Bertz CT molecular complexity index is 333. The Hall–Kier alpha value is -0.420. The maximum atomic E-state index is 5.63. The van der Waals surface area contributed by atoms with E-state index in [0.717, 1.165) is 17.4 Å². The lowest BCUT2D eigenvalue weighted by Crippen LogP contribution is -2.30. The van der Waals surface area contributed by atoms with Gasteiger partial charge in [-0.15, -0.1) is 0 Å². The third-order valence-corrected chi connectivity index (χ3v) is 3.20. The van der Waals surface area contributed by atoms with Gasteiger partial charge in [0.25, 0.3) is 0 Å². The van der Waals surface area contributed by atoms with Gasteiger partial charge in [-0.2, -0.15) is 5.10 Å². The predicted molar refractivity (Wildman–Crippen MR) is 65.1 cm³/mol. The quantitative estimate of drug-likeness (QED) is 0.858. The lowest BCUT2D eigenvalue weighted by Gasteiger charge is -2.22. The molecule has 0 bridgehead atoms. The number of nitrogens with two attached hydrogens (primary N) is 1. The highest BCUT2D eigenvalue weighted by atomic mass is 79.9. The number of hydrogen-bond donors (Lipinski definition) is 1. The molecule has 0 amide bonds. The van der Waals surface area contributed by atoms with Crippen molar-refractivity contribution in [2.45, 2.75) is 26.8 Å². The molecule has 0 atom stereocenters. The number of hydrogen-bond acceptors (Lipinski definition) is 2. The number of aromatic nitrogens is 2. The largest absolute Gasteiger partial charge is 0.393 e. The Kier molecular flexibility index (Phi) is 3.66. The van der Waals surface area contributed by atoms with Crippen LogP contribution in [0.15, 0.2) is 16.9 Å². The van der Waals surface area contributed by atoms with Gasteiger partial charge in [0.2, 0.25) is 0 Å². The van der Waals surface area contributed by atoms with E-state index >= 15 is 0 Å². The summed E-state index contributed by atoms with van der Waals surface area (Å²) in [6, 6.07) is 0. The van der Waals surface area contributed by atoms with Crippen LogP contribution < -0.4 is 5.73 Å². The summed E-state index contributed by atoms with van der Waals surface area (Å²) in [5, 5.41) is 4.16. The standard InChI is InChI=1S/C9H14BrN3S/c1-9(2,8(11)14)3-4-13-6-7(10)5-12-13/h5-6H,3-4H2,1-2H3,(H2,11,14). The Morgan fingerprint density at radius 1 is 1.71 bits per heavy atom. The summed E-state index contributed by atoms with van der Waals surface area (Å²) < 4.78 is 2.87. The molecule has 2 N–H and O–H groups in total. The van der Waals surface area contributed by atoms with Gasteiger partial charge in [0.05, 0.1) is 15.7 Å². The van der Waals surface area contributed by atoms with Crippen LogP contribution >= 0.6 is 28.1 Å². The minimum atomic E-state index is -0.103. The molecule has 0 fully saturated rings. The molecule has 1 heterocycles. The van der Waals surface area contributed by atoms with Crippen LogP contribution in [-0.4, -0.2) is 14.8 Å². The molecule has 5 heteroatoms. The van der Waals surface area contributed by atoms with Crippen LogP contribution in [0.3, 0.4) is 0 Å². The molecule has 0 aliphatic carbocycles. The number of aryl methyl sites for hydroxylation is 1. The molecule has 14 heavy (non-hydrogen) atoms. The molecular weight excluding hydrogens is 262 g/mol. The van der Waals surface area contributed by atoms with E-state index in [4.69, 9.17) is 18.0 Å². The molecular formula is C9H14BrN3S. The molecule has 0 unspecified atom stereocenters. The van der Waals surface area contributed by atoms with E-state index in [0.29, 0.717) is 4.99 Å². The monoisotopic (exact) mass is 275 g/mol. The molecule has 0 radical (unpaired) electrons. The van der Waals surface area contributed by atoms with Gasteiger partial charge in [0.1, 0.15) is 0 Å². The summed E-state index contributed by atoms with van der Waals surface area (Å²) >= 11 is 8.34. The molecule has 0 aliphatic heterocycles. The maximum Gasteiger partial charge on any atom is 0.0785 e. The number of thiocarbonyl (C=S) groups is 1. The number of nitrogens with zero attached hydrogens (tertiary/aromatic N) is 2. The first-order chi connectivity index (χ1) is 6.42. The minimum Gasteiger partial charge on any atom is -0.393 e. The Morgan fingerprint density at radius 2 is 2.36 bits per heavy atom. The van der Waals surface area contributed by atoms with E-state index in [9.17, 15) is 0 Å². The first-order valence-corrected chi connectivity index (χ1v) is 5.60. The second-order valence-electron chi connectivity index (χ2n) is 3.92. The van der Waals surface area contributed by atoms with Gasteiger partial charge in [0, 0.05) is 18.2 Å². The SMILES string of the molecule is CC(C)(CCn1cc(Br)cn1)C(N)=S. The first-order valence-electron chi connectivity index (χ1n) is 4.40. The molecule has 0 saturated heterocycles. The van der Waals surface area contributed by atoms with E-state index in [-0.39, 0.29) is 5.41 Å². The molecule has 0 saturated carbocycles. The summed E-state index contributed by atoms with van der Waals surface area (Å²) in [5.41, 5.74) is 5.53. The smallest absolute Gasteiger partial charge is 0.0785 e. The molecule has 0 aromatic carbocycles. The lowest BCUT2D eigenvalue weighted by molar-refractivity contribution is 0.418. The van der Waals surface area contributed by atoms with Gasteiger partial charge in [0.15, 0.2) is 0 Å². The van der Waals surface area contributed by atoms with Gasteiger partial charge >= 0.3 is 0 Å². The van der Waals surface area contributed by atoms with E-state index < -0.39 is 0 Å². The van der Waals surface area contributed by atoms with Crippen LogP contribution in [0, 0.1) is 5.41 Å². The van der Waals surface area contributed by atoms with Crippen molar-refractivity contribution in [3.05, 3.63) is 16.9 Å². The van der Waals surface area contributed by atoms with Gasteiger partial charge in [-0.05, 0) is 22.4 Å². The highest BCUT2D eigenvalue weighted by molar-refractivity contribution is 9.10. The number of halogens is 1. The van der Waals surface area contributed by atoms with Gasteiger partial charge in [-0.25, -0.2) is 0 Å². The summed E-state index contributed by atoms with van der Waals surface area (Å²) in [6.07, 6.45) is 4.61. The number of rotatable bonds is 4. The fourth-order valence-corrected chi connectivity index (χ4v) is 1.41. The van der Waals surface area contributed by atoms with Crippen molar-refractivity contribution < 1.29 is 0 Å². The highest BCUT2D eigenvalue weighted by Gasteiger charge is 2.20. The second-order valence-corrected chi connectivity index (χ2v) is 5.28. The van der Waals surface area contributed by atoms with Gasteiger partial charge in [-0.1, -0.05) is 26.1 Å². The van der Waals surface area contributed by atoms with Gasteiger partial charge < -0.3 is 5.73 Å². The topological polar surface area (TPSA) is 43.8 Å². The minimum absolute atomic E-state index is 0.103. The van der Waals surface area contributed by atoms with Crippen LogP contribution in [0.5, 0.6) is 0 Å². The Morgan fingerprint density at radius 3 is 2.79 bits per heavy atom. The van der Waals surface area contributed by atoms with E-state index in [1.165, 1.54) is 0 Å². The maximum absolute atomic E-state index is 5.63. The zero-order chi connectivity index (χ0) is 10.8. The van der Waals surface area contributed by atoms with Gasteiger partial charge in [-0.3, -0.25) is 4.68 Å². The Labute approximate surface area is 97.8 Å². The van der Waals surface area contributed by atoms with Crippen LogP contribution in [0.4, 0.5) is 0 Å². The van der Waals surface area contributed by atoms with Crippen molar-refractivity contribution in [1.29, 1.82) is 0 Å². The lowest BCUT2D eigenvalue weighted by atomic mass is 9.89. The molecule has 1 rings (SSSR count). The molecule has 78 valence electrons. The summed E-state index contributed by atoms with van der Waals surface area (Å²) in [5.74, 6) is 0. The van der Waals surface area contributed by atoms with Crippen LogP contribution in [0.25, 0.3) is 0 Å². The predicted octanol–water partition coefficient (Wildman–Crippen LogP) is 2.35. The van der Waals surface area contributed by atoms with E-state index in [1.54, 1.807) is 6.20 Å². The second kappa shape index (κ2) is 4.40. The van der Waals surface area contributed by atoms with E-state index in [2.05, 4.69) is 21.0 Å². The van der Waals surface area contributed by atoms with E-state index in [1.807, 2.05) is 24.7 Å². The highest BCUT2D eigenvalue weighted by Crippen LogP contribution is 2.21. The molecule has 3 nitrogen and oxygen atoms in total. The summed E-state index contributed by atoms with van der Waals surface area (Å²) in [6.45, 7) is 4.93. The van der Waals surface area contributed by atoms with Crippen LogP contribution in [0.2, 0.25) is 0 Å². The summed E-state index contributed by atoms with van der Waals surface area (Å²) in [4.78, 5) is 0.559. The average molecular weight is 276 g/mol. The van der Waals surface area contributed by atoms with Crippen molar-refractivity contribution in [1.82, 2.24) is 9.78 Å². The Balaban J connectivity index is 2.52. The molecule has 0 aliphatic rings. The first kappa shape index (κ1) is 11.7. The van der Waals surface area contributed by atoms with Crippen molar-refractivity contribution in [3.8, 4) is 0 Å². The third-order valence-electron chi connectivity index (χ3n) is 2.23. The zero-order valence-corrected chi connectivity index (χ0v) is 10.7. The van der Waals surface area contributed by atoms with Crippen molar-refractivity contribution in [2.75, 3.05) is 0 Å². The summed E-state index contributed by atoms with van der Waals surface area (Å²) in [7, 11) is 0. The molecule has 1 aromatic heterocycles.